The molecule has 0 aromatic carbocycles. The van der Waals surface area contributed by atoms with Gasteiger partial charge in [0.2, 0.25) is 0 Å². The van der Waals surface area contributed by atoms with Crippen LogP contribution < -0.4 is 0 Å². The van der Waals surface area contributed by atoms with Crippen molar-refractivity contribution >= 4 is 0 Å². The molecule has 108 valence electrons. The first-order valence-electron chi connectivity index (χ1n) is 8.04. The van der Waals surface area contributed by atoms with Gasteiger partial charge in [0.1, 0.15) is 18.5 Å². The van der Waals surface area contributed by atoms with Gasteiger partial charge in [-0.25, -0.2) is 15.0 Å². The summed E-state index contributed by atoms with van der Waals surface area (Å²) in [7, 11) is 0. The minimum absolute atomic E-state index is 0.936. The highest BCUT2D eigenvalue weighted by Gasteiger charge is 1.96. The van der Waals surface area contributed by atoms with Gasteiger partial charge in [-0.05, 0) is 6.42 Å². The monoisotopic (exact) mass is 263 g/mol. The van der Waals surface area contributed by atoms with E-state index in [0.717, 1.165) is 12.2 Å². The van der Waals surface area contributed by atoms with Crippen LogP contribution in [0.5, 0.6) is 0 Å². The van der Waals surface area contributed by atoms with Crippen LogP contribution in [0.25, 0.3) is 0 Å². The van der Waals surface area contributed by atoms with Gasteiger partial charge in [-0.2, -0.15) is 0 Å². The predicted octanol–water partition coefficient (Wildman–Crippen LogP) is 4.73. The fourth-order valence-electron chi connectivity index (χ4n) is 2.34. The molecule has 3 heteroatoms. The van der Waals surface area contributed by atoms with Crippen molar-refractivity contribution in [3.05, 3.63) is 18.5 Å². The number of rotatable bonds is 12. The summed E-state index contributed by atoms with van der Waals surface area (Å²) in [5.74, 6) is 0.936. The minimum Gasteiger partial charge on any atom is -0.225 e. The number of aromatic nitrogens is 3. The topological polar surface area (TPSA) is 38.7 Å². The third-order valence-electron chi connectivity index (χ3n) is 3.55. The molecule has 0 atom stereocenters. The molecule has 1 heterocycles. The molecule has 0 unspecified atom stereocenters. The van der Waals surface area contributed by atoms with Crippen LogP contribution in [0.3, 0.4) is 0 Å². The molecule has 0 amide bonds. The lowest BCUT2D eigenvalue weighted by Gasteiger charge is -2.02. The van der Waals surface area contributed by atoms with E-state index in [9.17, 15) is 0 Å². The molecular formula is C16H29N3. The van der Waals surface area contributed by atoms with Crippen molar-refractivity contribution in [3.8, 4) is 0 Å². The number of hydrogen-bond donors (Lipinski definition) is 0. The van der Waals surface area contributed by atoms with E-state index < -0.39 is 0 Å². The Balaban J connectivity index is 1.79. The highest BCUT2D eigenvalue weighted by Crippen LogP contribution is 2.11. The van der Waals surface area contributed by atoms with Crippen LogP contribution in [0.1, 0.15) is 83.4 Å². The molecule has 0 saturated carbocycles. The Labute approximate surface area is 118 Å². The van der Waals surface area contributed by atoms with Crippen LogP contribution in [0.2, 0.25) is 0 Å². The van der Waals surface area contributed by atoms with E-state index in [-0.39, 0.29) is 0 Å². The zero-order valence-electron chi connectivity index (χ0n) is 12.5. The Bertz CT molecular complexity index is 287. The van der Waals surface area contributed by atoms with E-state index in [1.807, 2.05) is 0 Å². The van der Waals surface area contributed by atoms with Gasteiger partial charge in [0.05, 0.1) is 0 Å². The quantitative estimate of drug-likeness (QED) is 0.512. The van der Waals surface area contributed by atoms with Gasteiger partial charge in [0, 0.05) is 6.42 Å². The van der Waals surface area contributed by atoms with Gasteiger partial charge >= 0.3 is 0 Å². The van der Waals surface area contributed by atoms with Gasteiger partial charge in [0.25, 0.3) is 0 Å². The van der Waals surface area contributed by atoms with Crippen molar-refractivity contribution in [3.63, 3.8) is 0 Å². The van der Waals surface area contributed by atoms with Crippen molar-refractivity contribution in [2.24, 2.45) is 0 Å². The zero-order chi connectivity index (χ0) is 13.6. The van der Waals surface area contributed by atoms with Crippen molar-refractivity contribution < 1.29 is 0 Å². The molecule has 0 aliphatic carbocycles. The Hall–Kier alpha value is -0.990. The number of nitrogens with zero attached hydrogens (tertiary/aromatic N) is 3. The first kappa shape index (κ1) is 16.1. The lowest BCUT2D eigenvalue weighted by Crippen LogP contribution is -1.94. The van der Waals surface area contributed by atoms with Gasteiger partial charge in [0.15, 0.2) is 0 Å². The second-order valence-electron chi connectivity index (χ2n) is 5.34. The second kappa shape index (κ2) is 12.1. The van der Waals surface area contributed by atoms with E-state index in [1.54, 1.807) is 12.7 Å². The minimum atomic E-state index is 0.936. The number of aryl methyl sites for hydroxylation is 1. The number of unbranched alkanes of at least 4 members (excludes halogenated alkanes) is 10. The third kappa shape index (κ3) is 9.57. The molecule has 1 aromatic heterocycles. The zero-order valence-corrected chi connectivity index (χ0v) is 12.5. The third-order valence-corrected chi connectivity index (χ3v) is 3.55. The summed E-state index contributed by atoms with van der Waals surface area (Å²) in [5, 5.41) is 0. The molecule has 0 spiro atoms. The largest absolute Gasteiger partial charge is 0.225 e. The first-order chi connectivity index (χ1) is 9.43. The van der Waals surface area contributed by atoms with Crippen molar-refractivity contribution in [1.29, 1.82) is 0 Å². The molecule has 0 bridgehead atoms. The van der Waals surface area contributed by atoms with Crippen molar-refractivity contribution in [2.45, 2.75) is 84.0 Å². The van der Waals surface area contributed by atoms with Gasteiger partial charge in [-0.3, -0.25) is 0 Å². The molecule has 19 heavy (non-hydrogen) atoms. The molecule has 0 aliphatic heterocycles. The molecule has 0 fully saturated rings. The maximum atomic E-state index is 4.14. The lowest BCUT2D eigenvalue weighted by atomic mass is 10.1. The Kier molecular flexibility index (Phi) is 10.2. The molecule has 0 saturated heterocycles. The normalized spacial score (nSPS) is 10.8. The maximum Gasteiger partial charge on any atom is 0.131 e. The van der Waals surface area contributed by atoms with E-state index in [0.29, 0.717) is 0 Å². The van der Waals surface area contributed by atoms with Crippen LogP contribution in [-0.4, -0.2) is 15.0 Å². The van der Waals surface area contributed by atoms with E-state index in [2.05, 4.69) is 21.9 Å². The highest BCUT2D eigenvalue weighted by molar-refractivity contribution is 4.80. The summed E-state index contributed by atoms with van der Waals surface area (Å²) in [6.45, 7) is 2.27. The van der Waals surface area contributed by atoms with E-state index >= 15 is 0 Å². The van der Waals surface area contributed by atoms with Crippen LogP contribution in [0, 0.1) is 0 Å². The summed E-state index contributed by atoms with van der Waals surface area (Å²) in [4.78, 5) is 12.1. The molecule has 1 rings (SSSR count). The molecule has 3 nitrogen and oxygen atoms in total. The van der Waals surface area contributed by atoms with E-state index in [4.69, 9.17) is 0 Å². The Morgan fingerprint density at radius 2 is 1.16 bits per heavy atom. The van der Waals surface area contributed by atoms with Crippen molar-refractivity contribution in [2.75, 3.05) is 0 Å². The van der Waals surface area contributed by atoms with Crippen LogP contribution in [-0.2, 0) is 6.42 Å². The van der Waals surface area contributed by atoms with Gasteiger partial charge in [-0.15, -0.1) is 0 Å². The lowest BCUT2D eigenvalue weighted by molar-refractivity contribution is 0.547. The van der Waals surface area contributed by atoms with Gasteiger partial charge < -0.3 is 0 Å². The molecule has 0 aliphatic rings. The fraction of sp³-hybridized carbons (Fsp3) is 0.812. The average molecular weight is 263 g/mol. The summed E-state index contributed by atoms with van der Waals surface area (Å²) in [5.41, 5.74) is 0. The smallest absolute Gasteiger partial charge is 0.131 e. The Morgan fingerprint density at radius 3 is 1.68 bits per heavy atom. The maximum absolute atomic E-state index is 4.14. The fourth-order valence-corrected chi connectivity index (χ4v) is 2.34. The SMILES string of the molecule is CCCCCCCCCCCCCc1ncncn1. The van der Waals surface area contributed by atoms with Crippen LogP contribution in [0.15, 0.2) is 12.7 Å². The first-order valence-corrected chi connectivity index (χ1v) is 8.04. The summed E-state index contributed by atoms with van der Waals surface area (Å²) in [6.07, 6.45) is 19.3. The number of hydrogen-bond acceptors (Lipinski definition) is 3. The molecule has 0 N–H and O–H groups in total. The molecule has 1 aromatic rings. The summed E-state index contributed by atoms with van der Waals surface area (Å²) in [6, 6.07) is 0. The highest BCUT2D eigenvalue weighted by atomic mass is 15.0. The average Bonchev–Trinajstić information content (AvgIpc) is 2.46. The second-order valence-corrected chi connectivity index (χ2v) is 5.34. The Morgan fingerprint density at radius 1 is 0.684 bits per heavy atom. The van der Waals surface area contributed by atoms with Gasteiger partial charge in [-0.1, -0.05) is 71.1 Å². The molecule has 0 radical (unpaired) electrons. The van der Waals surface area contributed by atoms with Crippen molar-refractivity contribution in [1.82, 2.24) is 15.0 Å². The van der Waals surface area contributed by atoms with Crippen LogP contribution in [0.4, 0.5) is 0 Å². The standard InChI is InChI=1S/C16H29N3/c1-2-3-4-5-6-7-8-9-10-11-12-13-16-18-14-17-15-19-16/h14-15H,2-13H2,1H3. The predicted molar refractivity (Wildman–Crippen MR) is 80.0 cm³/mol. The van der Waals surface area contributed by atoms with Crippen LogP contribution >= 0.6 is 0 Å². The summed E-state index contributed by atoms with van der Waals surface area (Å²) < 4.78 is 0. The molecular weight excluding hydrogens is 234 g/mol. The van der Waals surface area contributed by atoms with E-state index in [1.165, 1.54) is 70.6 Å². The summed E-state index contributed by atoms with van der Waals surface area (Å²) >= 11 is 0.